The molecule has 2 heterocycles. The van der Waals surface area contributed by atoms with E-state index in [1.165, 1.54) is 11.1 Å². The van der Waals surface area contributed by atoms with Crippen LogP contribution in [-0.2, 0) is 13.0 Å². The van der Waals surface area contributed by atoms with Crippen LogP contribution in [0.3, 0.4) is 0 Å². The van der Waals surface area contributed by atoms with Gasteiger partial charge < -0.3 is 4.90 Å². The van der Waals surface area contributed by atoms with E-state index >= 15 is 0 Å². The van der Waals surface area contributed by atoms with E-state index in [9.17, 15) is 4.79 Å². The van der Waals surface area contributed by atoms with Gasteiger partial charge in [-0.25, -0.2) is 0 Å². The zero-order chi connectivity index (χ0) is 13.2. The Morgan fingerprint density at radius 3 is 2.79 bits per heavy atom. The molecule has 0 unspecified atom stereocenters. The van der Waals surface area contributed by atoms with Crippen LogP contribution in [0.15, 0.2) is 42.7 Å². The van der Waals surface area contributed by atoms with Gasteiger partial charge in [0.1, 0.15) is 0 Å². The number of carbonyl (C=O) groups is 1. The first-order valence-electron chi connectivity index (χ1n) is 6.52. The predicted molar refractivity (Wildman–Crippen MR) is 73.9 cm³/mol. The lowest BCUT2D eigenvalue weighted by molar-refractivity contribution is 0.0734. The van der Waals surface area contributed by atoms with Gasteiger partial charge in [0.25, 0.3) is 5.91 Å². The topological polar surface area (TPSA) is 33.2 Å². The number of aromatic nitrogens is 1. The molecule has 0 N–H and O–H groups in total. The molecule has 1 amide bonds. The van der Waals surface area contributed by atoms with Crippen molar-refractivity contribution < 1.29 is 4.79 Å². The smallest absolute Gasteiger partial charge is 0.254 e. The number of hydrogen-bond acceptors (Lipinski definition) is 2. The van der Waals surface area contributed by atoms with Crippen molar-refractivity contribution in [2.45, 2.75) is 19.9 Å². The van der Waals surface area contributed by atoms with Crippen molar-refractivity contribution in [2.75, 3.05) is 6.54 Å². The van der Waals surface area contributed by atoms with Crippen LogP contribution >= 0.6 is 0 Å². The van der Waals surface area contributed by atoms with E-state index in [0.29, 0.717) is 6.54 Å². The molecule has 2 aromatic rings. The van der Waals surface area contributed by atoms with Crippen LogP contribution in [0.4, 0.5) is 0 Å². The van der Waals surface area contributed by atoms with E-state index < -0.39 is 0 Å². The first kappa shape index (κ1) is 11.9. The standard InChI is InChI=1S/C16H16N2O/c1-12-10-17-8-6-15(12)16(19)18-9-7-13-4-2-3-5-14(13)11-18/h2-6,8,10H,7,9,11H2,1H3. The van der Waals surface area contributed by atoms with Gasteiger partial charge in [0.2, 0.25) is 0 Å². The number of aryl methyl sites for hydroxylation is 1. The summed E-state index contributed by atoms with van der Waals surface area (Å²) >= 11 is 0. The SMILES string of the molecule is Cc1cnccc1C(=O)N1CCc2ccccc2C1. The molecule has 0 aliphatic carbocycles. The monoisotopic (exact) mass is 252 g/mol. The van der Waals surface area contributed by atoms with E-state index in [4.69, 9.17) is 0 Å². The lowest BCUT2D eigenvalue weighted by Gasteiger charge is -2.29. The molecular weight excluding hydrogens is 236 g/mol. The van der Waals surface area contributed by atoms with E-state index in [1.54, 1.807) is 18.5 Å². The van der Waals surface area contributed by atoms with Crippen molar-refractivity contribution in [1.82, 2.24) is 9.88 Å². The van der Waals surface area contributed by atoms with Gasteiger partial charge in [-0.15, -0.1) is 0 Å². The quantitative estimate of drug-likeness (QED) is 0.781. The molecule has 3 nitrogen and oxygen atoms in total. The van der Waals surface area contributed by atoms with Gasteiger partial charge in [-0.2, -0.15) is 0 Å². The highest BCUT2D eigenvalue weighted by Gasteiger charge is 2.22. The lowest BCUT2D eigenvalue weighted by atomic mass is 9.99. The number of amides is 1. The first-order valence-corrected chi connectivity index (χ1v) is 6.52. The lowest BCUT2D eigenvalue weighted by Crippen LogP contribution is -2.36. The van der Waals surface area contributed by atoms with Crippen LogP contribution in [0.25, 0.3) is 0 Å². The Hall–Kier alpha value is -2.16. The average molecular weight is 252 g/mol. The maximum absolute atomic E-state index is 12.5. The number of benzene rings is 1. The summed E-state index contributed by atoms with van der Waals surface area (Å²) in [6, 6.07) is 10.1. The highest BCUT2D eigenvalue weighted by Crippen LogP contribution is 2.20. The molecule has 0 bridgehead atoms. The molecule has 0 saturated carbocycles. The summed E-state index contributed by atoms with van der Waals surface area (Å²) < 4.78 is 0. The fourth-order valence-corrected chi connectivity index (χ4v) is 2.55. The fraction of sp³-hybridized carbons (Fsp3) is 0.250. The maximum Gasteiger partial charge on any atom is 0.254 e. The molecule has 96 valence electrons. The van der Waals surface area contributed by atoms with Crippen molar-refractivity contribution in [3.63, 3.8) is 0 Å². The number of fused-ring (bicyclic) bond motifs is 1. The minimum atomic E-state index is 0.106. The Morgan fingerprint density at radius 2 is 2.00 bits per heavy atom. The Labute approximate surface area is 112 Å². The van der Waals surface area contributed by atoms with Gasteiger partial charge in [0, 0.05) is 31.0 Å². The van der Waals surface area contributed by atoms with E-state index in [2.05, 4.69) is 23.2 Å². The molecule has 0 radical (unpaired) electrons. The van der Waals surface area contributed by atoms with Crippen LogP contribution in [0, 0.1) is 6.92 Å². The van der Waals surface area contributed by atoms with E-state index in [0.717, 1.165) is 24.1 Å². The van der Waals surface area contributed by atoms with Crippen molar-refractivity contribution in [2.24, 2.45) is 0 Å². The molecule has 3 heteroatoms. The summed E-state index contributed by atoms with van der Waals surface area (Å²) in [5, 5.41) is 0. The molecule has 1 aliphatic rings. The highest BCUT2D eigenvalue weighted by atomic mass is 16.2. The van der Waals surface area contributed by atoms with Crippen molar-refractivity contribution in [3.05, 3.63) is 65.0 Å². The number of rotatable bonds is 1. The molecule has 1 aromatic heterocycles. The van der Waals surface area contributed by atoms with Gasteiger partial charge in [0.15, 0.2) is 0 Å². The summed E-state index contributed by atoms with van der Waals surface area (Å²) in [5.41, 5.74) is 4.31. The third-order valence-electron chi connectivity index (χ3n) is 3.67. The van der Waals surface area contributed by atoms with Gasteiger partial charge in [-0.05, 0) is 36.1 Å². The molecule has 19 heavy (non-hydrogen) atoms. The fourth-order valence-electron chi connectivity index (χ4n) is 2.55. The normalized spacial score (nSPS) is 14.1. The third-order valence-corrected chi connectivity index (χ3v) is 3.67. The van der Waals surface area contributed by atoms with Gasteiger partial charge >= 0.3 is 0 Å². The van der Waals surface area contributed by atoms with Crippen molar-refractivity contribution >= 4 is 5.91 Å². The Balaban J connectivity index is 1.86. The van der Waals surface area contributed by atoms with Crippen LogP contribution < -0.4 is 0 Å². The minimum absolute atomic E-state index is 0.106. The second-order valence-electron chi connectivity index (χ2n) is 4.94. The Morgan fingerprint density at radius 1 is 1.21 bits per heavy atom. The van der Waals surface area contributed by atoms with Gasteiger partial charge in [-0.3, -0.25) is 9.78 Å². The average Bonchev–Trinajstić information content (AvgIpc) is 2.46. The van der Waals surface area contributed by atoms with Crippen LogP contribution in [0.5, 0.6) is 0 Å². The number of pyridine rings is 1. The first-order chi connectivity index (χ1) is 9.25. The highest BCUT2D eigenvalue weighted by molar-refractivity contribution is 5.95. The van der Waals surface area contributed by atoms with E-state index in [1.807, 2.05) is 17.9 Å². The van der Waals surface area contributed by atoms with Gasteiger partial charge in [-0.1, -0.05) is 24.3 Å². The maximum atomic E-state index is 12.5. The summed E-state index contributed by atoms with van der Waals surface area (Å²) in [6.07, 6.45) is 4.36. The largest absolute Gasteiger partial charge is 0.334 e. The zero-order valence-corrected chi connectivity index (χ0v) is 11.0. The van der Waals surface area contributed by atoms with Crippen LogP contribution in [0.1, 0.15) is 27.0 Å². The number of hydrogen-bond donors (Lipinski definition) is 0. The Kier molecular flexibility index (Phi) is 3.03. The second-order valence-corrected chi connectivity index (χ2v) is 4.94. The number of nitrogens with zero attached hydrogens (tertiary/aromatic N) is 2. The van der Waals surface area contributed by atoms with Crippen molar-refractivity contribution in [1.29, 1.82) is 0 Å². The summed E-state index contributed by atoms with van der Waals surface area (Å²) in [5.74, 6) is 0.106. The molecule has 0 atom stereocenters. The Bertz CT molecular complexity index is 622. The molecular formula is C16H16N2O. The zero-order valence-electron chi connectivity index (χ0n) is 11.0. The summed E-state index contributed by atoms with van der Waals surface area (Å²) in [4.78, 5) is 18.5. The van der Waals surface area contributed by atoms with E-state index in [-0.39, 0.29) is 5.91 Å². The van der Waals surface area contributed by atoms with Crippen LogP contribution in [-0.4, -0.2) is 22.3 Å². The second kappa shape index (κ2) is 4.84. The summed E-state index contributed by atoms with van der Waals surface area (Å²) in [7, 11) is 0. The van der Waals surface area contributed by atoms with Crippen molar-refractivity contribution in [3.8, 4) is 0 Å². The molecule has 0 spiro atoms. The molecule has 1 aliphatic heterocycles. The molecule has 0 fully saturated rings. The molecule has 1 aromatic carbocycles. The number of carbonyl (C=O) groups excluding carboxylic acids is 1. The predicted octanol–water partition coefficient (Wildman–Crippen LogP) is 2.59. The third kappa shape index (κ3) is 2.24. The summed E-state index contributed by atoms with van der Waals surface area (Å²) in [6.45, 7) is 3.42. The molecule has 0 saturated heterocycles. The minimum Gasteiger partial charge on any atom is -0.334 e. The molecule has 3 rings (SSSR count). The van der Waals surface area contributed by atoms with Crippen LogP contribution in [0.2, 0.25) is 0 Å². The van der Waals surface area contributed by atoms with Gasteiger partial charge in [0.05, 0.1) is 0 Å².